The highest BCUT2D eigenvalue weighted by Gasteiger charge is 2.17. The maximum Gasteiger partial charge on any atom is 0.270 e. The molecule has 1 amide bonds. The van der Waals surface area contributed by atoms with Crippen molar-refractivity contribution in [3.8, 4) is 10.6 Å². The fourth-order valence-corrected chi connectivity index (χ4v) is 2.60. The molecule has 0 aliphatic heterocycles. The first-order valence-electron chi connectivity index (χ1n) is 6.51. The number of aromatic nitrogens is 1. The summed E-state index contributed by atoms with van der Waals surface area (Å²) in [7, 11) is 0. The molecule has 3 N–H and O–H groups in total. The number of unbranched alkanes of at least 4 members (excludes halogenated alkanes) is 1. The van der Waals surface area contributed by atoms with E-state index in [4.69, 9.17) is 5.73 Å². The van der Waals surface area contributed by atoms with Crippen molar-refractivity contribution in [1.82, 2.24) is 10.3 Å². The van der Waals surface area contributed by atoms with E-state index in [1.165, 1.54) is 11.4 Å². The standard InChI is InChI=1S/C14H15F2N3OS.ClH/c15-9-4-3-5-10(16)12(9)14-19-11(8-21-14)13(20)18-7-2-1-6-17;/h3-5,8H,1-2,6-7,17H2,(H,18,20);1H. The van der Waals surface area contributed by atoms with Crippen molar-refractivity contribution in [2.45, 2.75) is 12.8 Å². The first kappa shape index (κ1) is 18.5. The Hall–Kier alpha value is -1.57. The third kappa shape index (κ3) is 4.46. The number of nitrogens with zero attached hydrogens (tertiary/aromatic N) is 1. The second kappa shape index (κ2) is 8.77. The lowest BCUT2D eigenvalue weighted by molar-refractivity contribution is 0.0949. The second-order valence-electron chi connectivity index (χ2n) is 4.39. The first-order chi connectivity index (χ1) is 10.1. The Morgan fingerprint density at radius 1 is 1.27 bits per heavy atom. The number of benzene rings is 1. The van der Waals surface area contributed by atoms with Gasteiger partial charge in [0.1, 0.15) is 22.3 Å². The summed E-state index contributed by atoms with van der Waals surface area (Å²) in [6.07, 6.45) is 1.60. The van der Waals surface area contributed by atoms with E-state index in [0.29, 0.717) is 13.1 Å². The molecule has 0 aliphatic carbocycles. The minimum Gasteiger partial charge on any atom is -0.351 e. The smallest absolute Gasteiger partial charge is 0.270 e. The lowest BCUT2D eigenvalue weighted by atomic mass is 10.2. The molecule has 1 aromatic carbocycles. The van der Waals surface area contributed by atoms with Crippen LogP contribution >= 0.6 is 23.7 Å². The molecular formula is C14H16ClF2N3OS. The van der Waals surface area contributed by atoms with Gasteiger partial charge in [-0.1, -0.05) is 6.07 Å². The average molecular weight is 348 g/mol. The zero-order valence-corrected chi connectivity index (χ0v) is 13.3. The van der Waals surface area contributed by atoms with E-state index in [9.17, 15) is 13.6 Å². The van der Waals surface area contributed by atoms with E-state index >= 15 is 0 Å². The van der Waals surface area contributed by atoms with Crippen molar-refractivity contribution in [1.29, 1.82) is 0 Å². The van der Waals surface area contributed by atoms with Gasteiger partial charge in [0.25, 0.3) is 5.91 Å². The zero-order valence-electron chi connectivity index (χ0n) is 11.6. The Labute approximate surface area is 137 Å². The topological polar surface area (TPSA) is 68.0 Å². The Balaban J connectivity index is 0.00000242. The fraction of sp³-hybridized carbons (Fsp3) is 0.286. The number of hydrogen-bond acceptors (Lipinski definition) is 4. The maximum absolute atomic E-state index is 13.6. The second-order valence-corrected chi connectivity index (χ2v) is 5.24. The molecule has 0 aliphatic rings. The van der Waals surface area contributed by atoms with Crippen LogP contribution < -0.4 is 11.1 Å². The Morgan fingerprint density at radius 3 is 2.59 bits per heavy atom. The number of carbonyl (C=O) groups is 1. The van der Waals surface area contributed by atoms with Crippen LogP contribution in [0, 0.1) is 11.6 Å². The van der Waals surface area contributed by atoms with E-state index in [1.807, 2.05) is 0 Å². The van der Waals surface area contributed by atoms with Gasteiger partial charge >= 0.3 is 0 Å². The molecule has 8 heteroatoms. The fourth-order valence-electron chi connectivity index (χ4n) is 1.76. The number of nitrogens with one attached hydrogen (secondary N) is 1. The molecule has 1 aromatic heterocycles. The predicted molar refractivity (Wildman–Crippen MR) is 85.3 cm³/mol. The third-order valence-corrected chi connectivity index (χ3v) is 3.69. The van der Waals surface area contributed by atoms with Gasteiger partial charge in [-0.2, -0.15) is 0 Å². The summed E-state index contributed by atoms with van der Waals surface area (Å²) in [6.45, 7) is 1.07. The zero-order chi connectivity index (χ0) is 15.2. The molecule has 4 nitrogen and oxygen atoms in total. The molecule has 2 rings (SSSR count). The van der Waals surface area contributed by atoms with Crippen LogP contribution in [0.2, 0.25) is 0 Å². The van der Waals surface area contributed by atoms with Gasteiger partial charge in [-0.25, -0.2) is 13.8 Å². The number of thiazole rings is 1. The molecule has 1 heterocycles. The Bertz CT molecular complexity index is 616. The van der Waals surface area contributed by atoms with Crippen molar-refractivity contribution in [3.05, 3.63) is 40.9 Å². The molecule has 0 spiro atoms. The Kier molecular flexibility index (Phi) is 7.37. The molecule has 0 bridgehead atoms. The summed E-state index contributed by atoms with van der Waals surface area (Å²) >= 11 is 1.03. The van der Waals surface area contributed by atoms with E-state index < -0.39 is 11.6 Å². The van der Waals surface area contributed by atoms with E-state index in [1.54, 1.807) is 0 Å². The van der Waals surface area contributed by atoms with Crippen molar-refractivity contribution < 1.29 is 13.6 Å². The molecule has 0 fully saturated rings. The molecule has 0 saturated heterocycles. The van der Waals surface area contributed by atoms with Crippen LogP contribution in [0.5, 0.6) is 0 Å². The number of nitrogens with two attached hydrogens (primary N) is 1. The minimum absolute atomic E-state index is 0. The van der Waals surface area contributed by atoms with E-state index in [0.717, 1.165) is 36.3 Å². The minimum atomic E-state index is -0.695. The summed E-state index contributed by atoms with van der Waals surface area (Å²) in [5.41, 5.74) is 5.31. The molecule has 0 unspecified atom stereocenters. The van der Waals surface area contributed by atoms with Crippen LogP contribution in [-0.2, 0) is 0 Å². The molecule has 0 saturated carbocycles. The highest BCUT2D eigenvalue weighted by Crippen LogP contribution is 2.28. The summed E-state index contributed by atoms with van der Waals surface area (Å²) in [6, 6.07) is 3.60. The van der Waals surface area contributed by atoms with Gasteiger partial charge in [0.05, 0.1) is 5.56 Å². The van der Waals surface area contributed by atoms with E-state index in [2.05, 4.69) is 10.3 Å². The summed E-state index contributed by atoms with van der Waals surface area (Å²) < 4.78 is 27.3. The van der Waals surface area contributed by atoms with Gasteiger partial charge in [0.2, 0.25) is 0 Å². The van der Waals surface area contributed by atoms with Crippen molar-refractivity contribution in [2.24, 2.45) is 5.73 Å². The highest BCUT2D eigenvalue weighted by atomic mass is 35.5. The first-order valence-corrected chi connectivity index (χ1v) is 7.39. The average Bonchev–Trinajstić information content (AvgIpc) is 2.93. The summed E-state index contributed by atoms with van der Waals surface area (Å²) in [5.74, 6) is -1.75. The van der Waals surface area contributed by atoms with Crippen LogP contribution in [0.3, 0.4) is 0 Å². The summed E-state index contributed by atoms with van der Waals surface area (Å²) in [5, 5.41) is 4.33. The lowest BCUT2D eigenvalue weighted by Crippen LogP contribution is -2.25. The molecule has 120 valence electrons. The lowest BCUT2D eigenvalue weighted by Gasteiger charge is -2.02. The van der Waals surface area contributed by atoms with Crippen LogP contribution in [-0.4, -0.2) is 24.0 Å². The number of amides is 1. The Morgan fingerprint density at radius 2 is 1.95 bits per heavy atom. The van der Waals surface area contributed by atoms with Crippen molar-refractivity contribution in [2.75, 3.05) is 13.1 Å². The number of carbonyl (C=O) groups excluding carboxylic acids is 1. The SMILES string of the molecule is Cl.NCCCCNC(=O)c1csc(-c2c(F)cccc2F)n1. The third-order valence-electron chi connectivity index (χ3n) is 2.83. The molecule has 0 radical (unpaired) electrons. The van der Waals surface area contributed by atoms with Crippen LogP contribution in [0.25, 0.3) is 10.6 Å². The van der Waals surface area contributed by atoms with Gasteiger partial charge in [0, 0.05) is 11.9 Å². The number of rotatable bonds is 6. The predicted octanol–water partition coefficient (Wildman–Crippen LogP) is 2.98. The molecular weight excluding hydrogens is 332 g/mol. The highest BCUT2D eigenvalue weighted by molar-refractivity contribution is 7.13. The van der Waals surface area contributed by atoms with Crippen molar-refractivity contribution >= 4 is 29.7 Å². The van der Waals surface area contributed by atoms with Crippen LogP contribution in [0.1, 0.15) is 23.3 Å². The van der Waals surface area contributed by atoms with E-state index in [-0.39, 0.29) is 34.6 Å². The largest absolute Gasteiger partial charge is 0.351 e. The van der Waals surface area contributed by atoms with Crippen molar-refractivity contribution in [3.63, 3.8) is 0 Å². The van der Waals surface area contributed by atoms with Gasteiger partial charge < -0.3 is 11.1 Å². The van der Waals surface area contributed by atoms with Gasteiger partial charge in [-0.15, -0.1) is 23.7 Å². The van der Waals surface area contributed by atoms with Crippen LogP contribution in [0.15, 0.2) is 23.6 Å². The van der Waals surface area contributed by atoms with Gasteiger partial charge in [-0.05, 0) is 31.5 Å². The monoisotopic (exact) mass is 347 g/mol. The number of hydrogen-bond donors (Lipinski definition) is 2. The molecule has 0 atom stereocenters. The quantitative estimate of drug-likeness (QED) is 0.789. The molecule has 2 aromatic rings. The van der Waals surface area contributed by atoms with Gasteiger partial charge in [0.15, 0.2) is 0 Å². The van der Waals surface area contributed by atoms with Gasteiger partial charge in [-0.3, -0.25) is 4.79 Å². The maximum atomic E-state index is 13.6. The molecule has 22 heavy (non-hydrogen) atoms. The number of halogens is 3. The summed E-state index contributed by atoms with van der Waals surface area (Å²) in [4.78, 5) is 15.8. The van der Waals surface area contributed by atoms with Crippen LogP contribution in [0.4, 0.5) is 8.78 Å². The normalized spacial score (nSPS) is 10.1.